The topological polar surface area (TPSA) is 66.5 Å². The summed E-state index contributed by atoms with van der Waals surface area (Å²) in [4.78, 5) is 0. The number of hydrogen-bond acceptors (Lipinski definition) is 3. The number of allylic oxidation sites excluding steroid dienone is 1. The maximum atomic E-state index is 9.70. The molecule has 0 aliphatic heterocycles. The van der Waals surface area contributed by atoms with Gasteiger partial charge in [0.2, 0.25) is 0 Å². The second kappa shape index (κ2) is 17.0. The van der Waals surface area contributed by atoms with Crippen LogP contribution < -0.4 is 5.73 Å². The van der Waals surface area contributed by atoms with Crippen molar-refractivity contribution in [1.29, 1.82) is 0 Å². The highest BCUT2D eigenvalue weighted by Crippen LogP contribution is 2.12. The predicted molar refractivity (Wildman–Crippen MR) is 95.9 cm³/mol. The molecule has 0 bridgehead atoms. The van der Waals surface area contributed by atoms with Crippen molar-refractivity contribution in [3.8, 4) is 0 Å². The number of aliphatic hydroxyl groups excluding tert-OH is 2. The quantitative estimate of drug-likeness (QED) is 0.294. The normalized spacial score (nSPS) is 14.5. The molecule has 0 aromatic carbocycles. The first kappa shape index (κ1) is 21.6. The number of nitrogens with two attached hydrogens (primary N) is 1. The monoisotopic (exact) mass is 313 g/mol. The average Bonchev–Trinajstić information content (AvgIpc) is 2.51. The van der Waals surface area contributed by atoms with Crippen LogP contribution in [0.25, 0.3) is 0 Å². The minimum absolute atomic E-state index is 0.0324. The van der Waals surface area contributed by atoms with Crippen molar-refractivity contribution in [3.05, 3.63) is 12.2 Å². The summed E-state index contributed by atoms with van der Waals surface area (Å²) in [5.41, 5.74) is 5.71. The smallest absolute Gasteiger partial charge is 0.0872 e. The van der Waals surface area contributed by atoms with Crippen LogP contribution in [0, 0.1) is 0 Å². The molecule has 0 saturated carbocycles. The molecule has 0 spiro atoms. The van der Waals surface area contributed by atoms with Gasteiger partial charge in [-0.3, -0.25) is 0 Å². The lowest BCUT2D eigenvalue weighted by atomic mass is 10.0. The van der Waals surface area contributed by atoms with Gasteiger partial charge in [-0.15, -0.1) is 0 Å². The SMILES string of the molecule is CCCCCCCCCCCCC/C=C/[C@@H](O)[C@@H](N)CCO. The summed E-state index contributed by atoms with van der Waals surface area (Å²) in [6.45, 7) is 2.30. The first-order chi connectivity index (χ1) is 10.7. The van der Waals surface area contributed by atoms with E-state index in [4.69, 9.17) is 10.8 Å². The molecule has 2 atom stereocenters. The van der Waals surface area contributed by atoms with Gasteiger partial charge in [0.25, 0.3) is 0 Å². The van der Waals surface area contributed by atoms with Crippen molar-refractivity contribution in [2.75, 3.05) is 6.61 Å². The highest BCUT2D eigenvalue weighted by Gasteiger charge is 2.09. The van der Waals surface area contributed by atoms with Crippen LogP contribution in [0.3, 0.4) is 0 Å². The molecular weight excluding hydrogens is 274 g/mol. The van der Waals surface area contributed by atoms with Crippen LogP contribution in [0.2, 0.25) is 0 Å². The van der Waals surface area contributed by atoms with Gasteiger partial charge in [-0.05, 0) is 19.3 Å². The molecular formula is C19H39NO2. The summed E-state index contributed by atoms with van der Waals surface area (Å²) in [7, 11) is 0. The molecule has 0 saturated heterocycles. The van der Waals surface area contributed by atoms with E-state index < -0.39 is 6.10 Å². The predicted octanol–water partition coefficient (Wildman–Crippen LogP) is 4.31. The summed E-state index contributed by atoms with van der Waals surface area (Å²) in [5, 5.41) is 18.5. The standard InChI is InChI=1S/C19H39NO2/c1-2-3-4-5-6-7-8-9-10-11-12-13-14-15-19(22)18(20)16-17-21/h14-15,18-19,21-22H,2-13,16-17,20H2,1H3/b15-14+/t18-,19+/m0/s1. The summed E-state index contributed by atoms with van der Waals surface area (Å²) in [6.07, 6.45) is 19.5. The number of rotatable bonds is 16. The third kappa shape index (κ3) is 14.6. The summed E-state index contributed by atoms with van der Waals surface area (Å²) >= 11 is 0. The lowest BCUT2D eigenvalue weighted by molar-refractivity contribution is 0.167. The Morgan fingerprint density at radius 2 is 1.36 bits per heavy atom. The Labute approximate surface area is 138 Å². The average molecular weight is 314 g/mol. The van der Waals surface area contributed by atoms with E-state index in [9.17, 15) is 5.11 Å². The largest absolute Gasteiger partial charge is 0.396 e. The van der Waals surface area contributed by atoms with Gasteiger partial charge < -0.3 is 15.9 Å². The van der Waals surface area contributed by atoms with E-state index >= 15 is 0 Å². The van der Waals surface area contributed by atoms with Gasteiger partial charge in [0, 0.05) is 12.6 Å². The van der Waals surface area contributed by atoms with E-state index in [1.165, 1.54) is 70.6 Å². The first-order valence-corrected chi connectivity index (χ1v) is 9.43. The molecule has 3 nitrogen and oxygen atoms in total. The van der Waals surface area contributed by atoms with Gasteiger partial charge in [-0.1, -0.05) is 83.3 Å². The zero-order valence-electron chi connectivity index (χ0n) is 14.7. The number of hydrogen-bond donors (Lipinski definition) is 3. The second-order valence-corrected chi connectivity index (χ2v) is 6.42. The molecule has 0 rings (SSSR count). The Bertz CT molecular complexity index is 244. The minimum Gasteiger partial charge on any atom is -0.396 e. The lowest BCUT2D eigenvalue weighted by Gasteiger charge is -2.13. The van der Waals surface area contributed by atoms with Crippen molar-refractivity contribution in [1.82, 2.24) is 0 Å². The zero-order chi connectivity index (χ0) is 16.5. The molecule has 0 radical (unpaired) electrons. The Balaban J connectivity index is 3.26. The molecule has 0 unspecified atom stereocenters. The molecule has 0 aromatic rings. The van der Waals surface area contributed by atoms with Crippen molar-refractivity contribution in [2.24, 2.45) is 5.73 Å². The minimum atomic E-state index is -0.625. The Morgan fingerprint density at radius 3 is 1.86 bits per heavy atom. The summed E-state index contributed by atoms with van der Waals surface area (Å²) < 4.78 is 0. The van der Waals surface area contributed by atoms with Crippen LogP contribution >= 0.6 is 0 Å². The molecule has 132 valence electrons. The van der Waals surface area contributed by atoms with Crippen molar-refractivity contribution >= 4 is 0 Å². The maximum Gasteiger partial charge on any atom is 0.0872 e. The molecule has 0 fully saturated rings. The first-order valence-electron chi connectivity index (χ1n) is 9.43. The third-order valence-corrected chi connectivity index (χ3v) is 4.21. The van der Waals surface area contributed by atoms with Gasteiger partial charge in [0.05, 0.1) is 6.10 Å². The molecule has 22 heavy (non-hydrogen) atoms. The molecule has 0 aliphatic carbocycles. The fourth-order valence-corrected chi connectivity index (χ4v) is 2.62. The van der Waals surface area contributed by atoms with Gasteiger partial charge >= 0.3 is 0 Å². The molecule has 0 aliphatic rings. The highest BCUT2D eigenvalue weighted by molar-refractivity contribution is 4.93. The zero-order valence-corrected chi connectivity index (χ0v) is 14.7. The highest BCUT2D eigenvalue weighted by atomic mass is 16.3. The molecule has 0 amide bonds. The fourth-order valence-electron chi connectivity index (χ4n) is 2.62. The van der Waals surface area contributed by atoms with E-state index in [1.807, 2.05) is 6.08 Å². The molecule has 0 heterocycles. The van der Waals surface area contributed by atoms with Gasteiger partial charge in [-0.25, -0.2) is 0 Å². The third-order valence-electron chi connectivity index (χ3n) is 4.21. The summed E-state index contributed by atoms with van der Waals surface area (Å²) in [5.74, 6) is 0. The molecule has 0 aromatic heterocycles. The van der Waals surface area contributed by atoms with Crippen LogP contribution in [0.5, 0.6) is 0 Å². The van der Waals surface area contributed by atoms with Crippen LogP contribution in [0.15, 0.2) is 12.2 Å². The van der Waals surface area contributed by atoms with Crippen molar-refractivity contribution < 1.29 is 10.2 Å². The van der Waals surface area contributed by atoms with Crippen molar-refractivity contribution in [2.45, 2.75) is 103 Å². The van der Waals surface area contributed by atoms with Crippen LogP contribution in [0.4, 0.5) is 0 Å². The van der Waals surface area contributed by atoms with Gasteiger partial charge in [0.1, 0.15) is 0 Å². The second-order valence-electron chi connectivity index (χ2n) is 6.42. The fraction of sp³-hybridized carbons (Fsp3) is 0.895. The van der Waals surface area contributed by atoms with Crippen molar-refractivity contribution in [3.63, 3.8) is 0 Å². The van der Waals surface area contributed by atoms with E-state index in [-0.39, 0.29) is 12.6 Å². The van der Waals surface area contributed by atoms with Crippen LogP contribution in [-0.2, 0) is 0 Å². The van der Waals surface area contributed by atoms with E-state index in [0.717, 1.165) is 6.42 Å². The van der Waals surface area contributed by atoms with E-state index in [2.05, 4.69) is 6.92 Å². The van der Waals surface area contributed by atoms with Gasteiger partial charge in [0.15, 0.2) is 0 Å². The number of aliphatic hydroxyl groups is 2. The maximum absolute atomic E-state index is 9.70. The Hall–Kier alpha value is -0.380. The van der Waals surface area contributed by atoms with Crippen LogP contribution in [0.1, 0.15) is 90.4 Å². The summed E-state index contributed by atoms with van der Waals surface area (Å²) in [6, 6.07) is -0.349. The lowest BCUT2D eigenvalue weighted by Crippen LogP contribution is -2.33. The number of unbranched alkanes of at least 4 members (excludes halogenated alkanes) is 11. The van der Waals surface area contributed by atoms with E-state index in [0.29, 0.717) is 6.42 Å². The van der Waals surface area contributed by atoms with Gasteiger partial charge in [-0.2, -0.15) is 0 Å². The molecule has 3 heteroatoms. The van der Waals surface area contributed by atoms with E-state index in [1.54, 1.807) is 6.08 Å². The Kier molecular flexibility index (Phi) is 16.7. The Morgan fingerprint density at radius 1 is 0.864 bits per heavy atom. The van der Waals surface area contributed by atoms with Crippen LogP contribution in [-0.4, -0.2) is 29.0 Å². The molecule has 4 N–H and O–H groups in total.